The van der Waals surface area contributed by atoms with Gasteiger partial charge in [-0.2, -0.15) is 8.42 Å². The Morgan fingerprint density at radius 1 is 1.31 bits per heavy atom. The highest BCUT2D eigenvalue weighted by atomic mass is 32.2. The van der Waals surface area contributed by atoms with Crippen LogP contribution in [0, 0.1) is 0 Å². The highest BCUT2D eigenvalue weighted by molar-refractivity contribution is 7.85. The van der Waals surface area contributed by atoms with Gasteiger partial charge in [-0.1, -0.05) is 6.58 Å². The lowest BCUT2D eigenvalue weighted by Gasteiger charge is -1.99. The summed E-state index contributed by atoms with van der Waals surface area (Å²) < 4.78 is 34.7. The zero-order chi connectivity index (χ0) is 9.90. The third-order valence-corrected chi connectivity index (χ3v) is 2.21. The normalized spacial score (nSPS) is 10.8. The molecule has 5 heteroatoms. The molecule has 0 radical (unpaired) electrons. The van der Waals surface area contributed by atoms with Gasteiger partial charge in [0.05, 0.1) is 11.2 Å². The van der Waals surface area contributed by atoms with E-state index in [-0.39, 0.29) is 4.90 Å². The van der Waals surface area contributed by atoms with Crippen LogP contribution in [0.3, 0.4) is 0 Å². The van der Waals surface area contributed by atoms with Crippen molar-refractivity contribution in [1.82, 2.24) is 0 Å². The Bertz CT molecular complexity index is 391. The fourth-order valence-electron chi connectivity index (χ4n) is 0.786. The molecule has 0 unspecified atom stereocenters. The highest BCUT2D eigenvalue weighted by Gasteiger charge is 2.07. The van der Waals surface area contributed by atoms with Crippen LogP contribution in [0.25, 0.3) is 0 Å². The summed E-state index contributed by atoms with van der Waals surface area (Å²) in [5.41, 5.74) is 0. The number of benzene rings is 1. The van der Waals surface area contributed by atoms with E-state index in [0.717, 1.165) is 0 Å². The molecule has 0 aliphatic rings. The van der Waals surface area contributed by atoms with Crippen molar-refractivity contribution in [3.05, 3.63) is 37.1 Å². The van der Waals surface area contributed by atoms with E-state index in [9.17, 15) is 8.42 Å². The molecule has 1 N–H and O–H groups in total. The van der Waals surface area contributed by atoms with Gasteiger partial charge in [0.1, 0.15) is 5.75 Å². The predicted molar refractivity (Wildman–Crippen MR) is 47.1 cm³/mol. The fourth-order valence-corrected chi connectivity index (χ4v) is 1.27. The molecule has 0 spiro atoms. The van der Waals surface area contributed by atoms with Crippen LogP contribution in [0.15, 0.2) is 42.0 Å². The van der Waals surface area contributed by atoms with Crippen LogP contribution in [0.5, 0.6) is 5.75 Å². The minimum Gasteiger partial charge on any atom is -0.466 e. The van der Waals surface area contributed by atoms with Gasteiger partial charge in [-0.15, -0.1) is 0 Å². The molecule has 4 nitrogen and oxygen atoms in total. The van der Waals surface area contributed by atoms with Crippen molar-refractivity contribution < 1.29 is 17.7 Å². The molecule has 0 aromatic heterocycles. The zero-order valence-corrected chi connectivity index (χ0v) is 7.49. The standard InChI is InChI=1S/C8H8O4S/c1-2-12-7-3-5-8(6-4-7)13(9,10)11/h2-6H,1H2,(H,9,10,11). The molecule has 0 saturated carbocycles. The van der Waals surface area contributed by atoms with Crippen molar-refractivity contribution in [1.29, 1.82) is 0 Å². The Hall–Kier alpha value is -1.33. The number of hydrogen-bond donors (Lipinski definition) is 1. The summed E-state index contributed by atoms with van der Waals surface area (Å²) in [5.74, 6) is 0.461. The number of rotatable bonds is 3. The van der Waals surface area contributed by atoms with E-state index < -0.39 is 10.1 Å². The zero-order valence-electron chi connectivity index (χ0n) is 6.67. The number of hydrogen-bond acceptors (Lipinski definition) is 3. The topological polar surface area (TPSA) is 63.6 Å². The van der Waals surface area contributed by atoms with Crippen molar-refractivity contribution in [2.75, 3.05) is 0 Å². The van der Waals surface area contributed by atoms with Gasteiger partial charge in [0.15, 0.2) is 0 Å². The summed E-state index contributed by atoms with van der Waals surface area (Å²) in [6.45, 7) is 3.34. The average molecular weight is 200 g/mol. The van der Waals surface area contributed by atoms with E-state index >= 15 is 0 Å². The van der Waals surface area contributed by atoms with Gasteiger partial charge in [-0.25, -0.2) is 0 Å². The molecule has 0 aliphatic carbocycles. The summed E-state index contributed by atoms with van der Waals surface area (Å²) in [6.07, 6.45) is 1.22. The van der Waals surface area contributed by atoms with Crippen LogP contribution in [0.4, 0.5) is 0 Å². The first-order valence-corrected chi connectivity index (χ1v) is 4.83. The Kier molecular flexibility index (Phi) is 2.69. The molecule has 0 bridgehead atoms. The van der Waals surface area contributed by atoms with Crippen LogP contribution >= 0.6 is 0 Å². The van der Waals surface area contributed by atoms with E-state index in [1.54, 1.807) is 0 Å². The first kappa shape index (κ1) is 9.76. The van der Waals surface area contributed by atoms with E-state index in [1.165, 1.54) is 30.5 Å². The van der Waals surface area contributed by atoms with Crippen LogP contribution < -0.4 is 4.74 Å². The molecule has 1 aromatic carbocycles. The SMILES string of the molecule is C=COc1ccc(S(=O)(=O)O)cc1. The Labute approximate surface area is 76.2 Å². The lowest BCUT2D eigenvalue weighted by Crippen LogP contribution is -1.97. The second-order valence-electron chi connectivity index (χ2n) is 2.23. The van der Waals surface area contributed by atoms with Crippen LogP contribution in [0.2, 0.25) is 0 Å². The molecule has 0 heterocycles. The fraction of sp³-hybridized carbons (Fsp3) is 0. The Morgan fingerprint density at radius 3 is 2.23 bits per heavy atom. The second kappa shape index (κ2) is 3.59. The molecule has 0 atom stereocenters. The summed E-state index contributed by atoms with van der Waals surface area (Å²) in [4.78, 5) is -0.163. The third kappa shape index (κ3) is 2.57. The Morgan fingerprint density at radius 2 is 1.85 bits per heavy atom. The molecule has 70 valence electrons. The van der Waals surface area contributed by atoms with Crippen molar-refractivity contribution in [2.24, 2.45) is 0 Å². The second-order valence-corrected chi connectivity index (χ2v) is 3.65. The molecule has 0 aliphatic heterocycles. The minimum atomic E-state index is -4.12. The smallest absolute Gasteiger partial charge is 0.294 e. The van der Waals surface area contributed by atoms with Crippen molar-refractivity contribution in [3.63, 3.8) is 0 Å². The first-order valence-electron chi connectivity index (χ1n) is 3.39. The predicted octanol–water partition coefficient (Wildman–Crippen LogP) is 1.46. The van der Waals surface area contributed by atoms with Gasteiger partial charge in [0.25, 0.3) is 10.1 Å². The van der Waals surface area contributed by atoms with E-state index in [4.69, 9.17) is 9.29 Å². The molecule has 0 saturated heterocycles. The largest absolute Gasteiger partial charge is 0.466 e. The molecule has 1 rings (SSSR count). The van der Waals surface area contributed by atoms with Gasteiger partial charge in [-0.3, -0.25) is 4.55 Å². The van der Waals surface area contributed by atoms with Crippen LogP contribution in [-0.4, -0.2) is 13.0 Å². The van der Waals surface area contributed by atoms with Crippen molar-refractivity contribution >= 4 is 10.1 Å². The quantitative estimate of drug-likeness (QED) is 0.592. The molecule has 13 heavy (non-hydrogen) atoms. The third-order valence-electron chi connectivity index (χ3n) is 1.34. The number of ether oxygens (including phenoxy) is 1. The van der Waals surface area contributed by atoms with Gasteiger partial charge in [0.2, 0.25) is 0 Å². The summed E-state index contributed by atoms with van der Waals surface area (Å²) >= 11 is 0. The molecular weight excluding hydrogens is 192 g/mol. The van der Waals surface area contributed by atoms with Crippen molar-refractivity contribution in [3.8, 4) is 5.75 Å². The lowest BCUT2D eigenvalue weighted by atomic mass is 10.3. The van der Waals surface area contributed by atoms with Gasteiger partial charge >= 0.3 is 0 Å². The molecule has 0 fully saturated rings. The molecule has 0 amide bonds. The van der Waals surface area contributed by atoms with Crippen molar-refractivity contribution in [2.45, 2.75) is 4.90 Å². The van der Waals surface area contributed by atoms with Gasteiger partial charge in [0, 0.05) is 0 Å². The van der Waals surface area contributed by atoms with E-state index in [2.05, 4.69) is 6.58 Å². The average Bonchev–Trinajstić information content (AvgIpc) is 2.04. The van der Waals surface area contributed by atoms with E-state index in [1.807, 2.05) is 0 Å². The van der Waals surface area contributed by atoms with Crippen LogP contribution in [0.1, 0.15) is 0 Å². The summed E-state index contributed by atoms with van der Waals surface area (Å²) in [6, 6.07) is 5.33. The molecule has 1 aromatic rings. The van der Waals surface area contributed by atoms with Gasteiger partial charge in [-0.05, 0) is 24.3 Å². The summed E-state index contributed by atoms with van der Waals surface area (Å²) in [5, 5.41) is 0. The van der Waals surface area contributed by atoms with E-state index in [0.29, 0.717) is 5.75 Å². The van der Waals surface area contributed by atoms with Gasteiger partial charge < -0.3 is 4.74 Å². The Balaban J connectivity index is 3.01. The molecular formula is C8H8O4S. The first-order chi connectivity index (χ1) is 6.04. The maximum Gasteiger partial charge on any atom is 0.294 e. The highest BCUT2D eigenvalue weighted by Crippen LogP contribution is 2.15. The summed E-state index contributed by atoms with van der Waals surface area (Å²) in [7, 11) is -4.12. The maximum atomic E-state index is 10.6. The monoisotopic (exact) mass is 200 g/mol. The van der Waals surface area contributed by atoms with Crippen LogP contribution in [-0.2, 0) is 10.1 Å². The maximum absolute atomic E-state index is 10.6. The minimum absolute atomic E-state index is 0.163. The lowest BCUT2D eigenvalue weighted by molar-refractivity contribution is 0.478.